The van der Waals surface area contributed by atoms with E-state index in [2.05, 4.69) is 0 Å². The van der Waals surface area contributed by atoms with Gasteiger partial charge in [0.2, 0.25) is 0 Å². The van der Waals surface area contributed by atoms with Crippen LogP contribution in [0.5, 0.6) is 0 Å². The Morgan fingerprint density at radius 2 is 2.07 bits per heavy atom. The number of aliphatic hydroxyl groups is 5. The molecular weight excluding hydrogens is 204 g/mol. The minimum Gasteiger partial charge on any atom is -0.394 e. The highest BCUT2D eigenvalue weighted by molar-refractivity contribution is 5.13. The molecule has 0 radical (unpaired) electrons. The van der Waals surface area contributed by atoms with Crippen molar-refractivity contribution in [2.24, 2.45) is 0 Å². The first kappa shape index (κ1) is 12.6. The summed E-state index contributed by atoms with van der Waals surface area (Å²) in [6, 6.07) is 0. The van der Waals surface area contributed by atoms with Crippen LogP contribution in [-0.4, -0.2) is 69.8 Å². The zero-order valence-electron chi connectivity index (χ0n) is 8.15. The number of aliphatic hydroxyl groups excluding tert-OH is 5. The van der Waals surface area contributed by atoms with Gasteiger partial charge in [-0.05, 0) is 5.57 Å². The van der Waals surface area contributed by atoms with Crippen LogP contribution in [0.25, 0.3) is 0 Å². The number of hydrogen-bond acceptors (Lipinski definition) is 6. The first-order valence-electron chi connectivity index (χ1n) is 4.68. The van der Waals surface area contributed by atoms with Gasteiger partial charge in [0, 0.05) is 0 Å². The summed E-state index contributed by atoms with van der Waals surface area (Å²) in [5, 5.41) is 46.1. The third kappa shape index (κ3) is 2.75. The van der Waals surface area contributed by atoms with Crippen LogP contribution in [0.4, 0.5) is 0 Å². The highest BCUT2D eigenvalue weighted by Gasteiger charge is 2.35. The molecule has 0 aromatic heterocycles. The van der Waals surface area contributed by atoms with Gasteiger partial charge in [-0.15, -0.1) is 0 Å². The van der Waals surface area contributed by atoms with Crippen molar-refractivity contribution in [3.05, 3.63) is 11.6 Å². The van der Waals surface area contributed by atoms with Crippen molar-refractivity contribution < 1.29 is 30.3 Å². The summed E-state index contributed by atoms with van der Waals surface area (Å²) in [6.07, 6.45) is -3.54. The predicted octanol–water partition coefficient (Wildman–Crippen LogP) is -2.62. The van der Waals surface area contributed by atoms with Crippen LogP contribution >= 0.6 is 0 Å². The third-order valence-corrected chi connectivity index (χ3v) is 2.42. The molecule has 6 heteroatoms. The molecule has 0 bridgehead atoms. The molecule has 1 heterocycles. The van der Waals surface area contributed by atoms with E-state index >= 15 is 0 Å². The summed E-state index contributed by atoms with van der Waals surface area (Å²) in [4.78, 5) is 0. The van der Waals surface area contributed by atoms with Crippen molar-refractivity contribution >= 4 is 0 Å². The lowest BCUT2D eigenvalue weighted by Gasteiger charge is -2.27. The van der Waals surface area contributed by atoms with E-state index in [0.29, 0.717) is 0 Å². The Balaban J connectivity index is 2.75. The lowest BCUT2D eigenvalue weighted by molar-refractivity contribution is -0.126. The zero-order chi connectivity index (χ0) is 11.4. The average molecular weight is 220 g/mol. The standard InChI is InChI=1S/C9H16O6/c10-3-5-1-2-15-9(6(12)4-11)8(14)7(5)13/h1,6-14H,2-4H2/t6-,7+,8+,9+/m0/s1. The van der Waals surface area contributed by atoms with Crippen molar-refractivity contribution in [1.82, 2.24) is 0 Å². The number of hydrogen-bond donors (Lipinski definition) is 5. The Bertz CT molecular complexity index is 229. The molecule has 1 aliphatic rings. The van der Waals surface area contributed by atoms with Crippen LogP contribution < -0.4 is 0 Å². The van der Waals surface area contributed by atoms with Gasteiger partial charge in [-0.3, -0.25) is 0 Å². The van der Waals surface area contributed by atoms with E-state index in [9.17, 15) is 15.3 Å². The highest BCUT2D eigenvalue weighted by atomic mass is 16.5. The van der Waals surface area contributed by atoms with Crippen LogP contribution in [0, 0.1) is 0 Å². The molecular formula is C9H16O6. The van der Waals surface area contributed by atoms with Gasteiger partial charge >= 0.3 is 0 Å². The fraction of sp³-hybridized carbons (Fsp3) is 0.778. The molecule has 15 heavy (non-hydrogen) atoms. The smallest absolute Gasteiger partial charge is 0.115 e. The van der Waals surface area contributed by atoms with E-state index in [1.165, 1.54) is 6.08 Å². The minimum atomic E-state index is -1.37. The normalized spacial score (nSPS) is 34.5. The van der Waals surface area contributed by atoms with Crippen LogP contribution in [-0.2, 0) is 4.74 Å². The Morgan fingerprint density at radius 3 is 2.60 bits per heavy atom. The molecule has 6 nitrogen and oxygen atoms in total. The molecule has 4 atom stereocenters. The van der Waals surface area contributed by atoms with Crippen LogP contribution in [0.15, 0.2) is 11.6 Å². The van der Waals surface area contributed by atoms with E-state index in [1.807, 2.05) is 0 Å². The molecule has 0 aliphatic carbocycles. The van der Waals surface area contributed by atoms with E-state index in [1.54, 1.807) is 0 Å². The van der Waals surface area contributed by atoms with E-state index in [0.717, 1.165) is 0 Å². The molecule has 0 saturated heterocycles. The Hall–Kier alpha value is -0.500. The van der Waals surface area contributed by atoms with E-state index in [-0.39, 0.29) is 18.8 Å². The molecule has 0 fully saturated rings. The van der Waals surface area contributed by atoms with Gasteiger partial charge in [-0.25, -0.2) is 0 Å². The molecule has 0 aromatic carbocycles. The van der Waals surface area contributed by atoms with Crippen molar-refractivity contribution in [3.8, 4) is 0 Å². The monoisotopic (exact) mass is 220 g/mol. The predicted molar refractivity (Wildman–Crippen MR) is 50.0 cm³/mol. The maximum atomic E-state index is 9.62. The second kappa shape index (κ2) is 5.55. The average Bonchev–Trinajstić information content (AvgIpc) is 2.39. The fourth-order valence-corrected chi connectivity index (χ4v) is 1.49. The minimum absolute atomic E-state index is 0.0613. The van der Waals surface area contributed by atoms with Gasteiger partial charge < -0.3 is 30.3 Å². The fourth-order valence-electron chi connectivity index (χ4n) is 1.49. The van der Waals surface area contributed by atoms with Gasteiger partial charge in [0.05, 0.1) is 19.8 Å². The van der Waals surface area contributed by atoms with E-state index < -0.39 is 31.0 Å². The zero-order valence-corrected chi connectivity index (χ0v) is 8.15. The molecule has 0 amide bonds. The quantitative estimate of drug-likeness (QED) is 0.333. The van der Waals surface area contributed by atoms with Gasteiger partial charge in [-0.2, -0.15) is 0 Å². The van der Waals surface area contributed by atoms with E-state index in [4.69, 9.17) is 14.9 Å². The van der Waals surface area contributed by atoms with Crippen LogP contribution in [0.2, 0.25) is 0 Å². The third-order valence-electron chi connectivity index (χ3n) is 2.42. The molecule has 5 N–H and O–H groups in total. The molecule has 1 rings (SSSR count). The summed E-state index contributed by atoms with van der Waals surface area (Å²) in [5.41, 5.74) is 0.245. The number of rotatable bonds is 3. The van der Waals surface area contributed by atoms with Gasteiger partial charge in [0.25, 0.3) is 0 Å². The first-order chi connectivity index (χ1) is 7.11. The molecule has 0 aromatic rings. The summed E-state index contributed by atoms with van der Waals surface area (Å²) in [6.45, 7) is -0.891. The molecule has 1 aliphatic heterocycles. The Morgan fingerprint density at radius 1 is 1.40 bits per heavy atom. The maximum absolute atomic E-state index is 9.62. The van der Waals surface area contributed by atoms with Crippen molar-refractivity contribution in [1.29, 1.82) is 0 Å². The van der Waals surface area contributed by atoms with Crippen LogP contribution in [0.1, 0.15) is 0 Å². The SMILES string of the molecule is OCC1=CCO[C@H]([C@@H](O)CO)[C@H](O)[C@@H]1O. The summed E-state index contributed by atoms with van der Waals surface area (Å²) in [5.74, 6) is 0. The lowest BCUT2D eigenvalue weighted by atomic mass is 9.98. The highest BCUT2D eigenvalue weighted by Crippen LogP contribution is 2.18. The summed E-state index contributed by atoms with van der Waals surface area (Å²) >= 11 is 0. The second-order valence-corrected chi connectivity index (χ2v) is 3.42. The molecule has 0 unspecified atom stereocenters. The van der Waals surface area contributed by atoms with Crippen molar-refractivity contribution in [2.45, 2.75) is 24.4 Å². The lowest BCUT2D eigenvalue weighted by Crippen LogP contribution is -2.47. The first-order valence-corrected chi connectivity index (χ1v) is 4.68. The Labute approximate surface area is 87.0 Å². The topological polar surface area (TPSA) is 110 Å². The molecule has 0 spiro atoms. The van der Waals surface area contributed by atoms with Crippen LogP contribution in [0.3, 0.4) is 0 Å². The second-order valence-electron chi connectivity index (χ2n) is 3.42. The van der Waals surface area contributed by atoms with Gasteiger partial charge in [-0.1, -0.05) is 6.08 Å². The van der Waals surface area contributed by atoms with Gasteiger partial charge in [0.15, 0.2) is 0 Å². The summed E-state index contributed by atoms with van der Waals surface area (Å²) < 4.78 is 5.06. The van der Waals surface area contributed by atoms with Gasteiger partial charge in [0.1, 0.15) is 24.4 Å². The Kier molecular flexibility index (Phi) is 4.65. The van der Waals surface area contributed by atoms with Crippen molar-refractivity contribution in [2.75, 3.05) is 19.8 Å². The largest absolute Gasteiger partial charge is 0.394 e. The molecule has 0 saturated carbocycles. The number of ether oxygens (including phenoxy) is 1. The van der Waals surface area contributed by atoms with Crippen molar-refractivity contribution in [3.63, 3.8) is 0 Å². The molecule has 88 valence electrons. The maximum Gasteiger partial charge on any atom is 0.115 e. The summed E-state index contributed by atoms with van der Waals surface area (Å²) in [7, 11) is 0.